The zero-order chi connectivity index (χ0) is 22.8. The van der Waals surface area contributed by atoms with Gasteiger partial charge in [-0.2, -0.15) is 0 Å². The van der Waals surface area contributed by atoms with Gasteiger partial charge >= 0.3 is 0 Å². The third kappa shape index (κ3) is 6.93. The second-order valence-corrected chi connectivity index (χ2v) is 8.17. The molecule has 2 heterocycles. The predicted molar refractivity (Wildman–Crippen MR) is 131 cm³/mol. The Kier molecular flexibility index (Phi) is 8.83. The van der Waals surface area contributed by atoms with E-state index in [0.29, 0.717) is 41.3 Å². The van der Waals surface area contributed by atoms with Crippen LogP contribution in [0, 0.1) is 0 Å². The number of benzene rings is 1. The van der Waals surface area contributed by atoms with E-state index in [2.05, 4.69) is 33.4 Å². The van der Waals surface area contributed by atoms with Crippen molar-refractivity contribution in [2.45, 2.75) is 17.5 Å². The van der Waals surface area contributed by atoms with Crippen LogP contribution in [0.15, 0.2) is 85.3 Å². The highest BCUT2D eigenvalue weighted by Gasteiger charge is 2.11. The highest BCUT2D eigenvalue weighted by atomic mass is 35.5. The van der Waals surface area contributed by atoms with E-state index in [0.717, 1.165) is 16.9 Å². The molecule has 164 valence electrons. The second-order valence-electron chi connectivity index (χ2n) is 6.84. The molecule has 0 saturated heterocycles. The molecule has 0 bridgehead atoms. The van der Waals surface area contributed by atoms with E-state index in [4.69, 9.17) is 11.6 Å². The van der Waals surface area contributed by atoms with Crippen molar-refractivity contribution in [2.24, 2.45) is 0 Å². The highest BCUT2D eigenvalue weighted by molar-refractivity contribution is 7.98. The fourth-order valence-corrected chi connectivity index (χ4v) is 3.91. The third-order valence-electron chi connectivity index (χ3n) is 4.44. The summed E-state index contributed by atoms with van der Waals surface area (Å²) in [7, 11) is 0. The Labute approximate surface area is 197 Å². The lowest BCUT2D eigenvalue weighted by Crippen LogP contribution is -2.24. The summed E-state index contributed by atoms with van der Waals surface area (Å²) in [6.07, 6.45) is 7.05. The van der Waals surface area contributed by atoms with Crippen molar-refractivity contribution in [1.82, 2.24) is 20.3 Å². The number of carbonyl (C=O) groups is 1. The predicted octanol–water partition coefficient (Wildman–Crippen LogP) is 4.93. The number of pyridine rings is 1. The molecule has 0 aliphatic carbocycles. The van der Waals surface area contributed by atoms with Crippen molar-refractivity contribution < 1.29 is 4.79 Å². The number of amides is 1. The molecule has 32 heavy (non-hydrogen) atoms. The number of hydrogen-bond acceptors (Lipinski definition) is 6. The molecule has 6 nitrogen and oxygen atoms in total. The SMILES string of the molecule is C=CCN(CC=C)c1cc(Cl)nc(SCc2ccc(C(=O)NCc3cccnc3)cc2)n1. The van der Waals surface area contributed by atoms with Gasteiger partial charge in [0.15, 0.2) is 5.16 Å². The number of nitrogens with zero attached hydrogens (tertiary/aromatic N) is 4. The normalized spacial score (nSPS) is 10.4. The van der Waals surface area contributed by atoms with Crippen molar-refractivity contribution in [3.05, 3.63) is 102 Å². The Bertz CT molecular complexity index is 1050. The maximum Gasteiger partial charge on any atom is 0.251 e. The molecule has 0 aliphatic heterocycles. The first kappa shape index (κ1) is 23.5. The summed E-state index contributed by atoms with van der Waals surface area (Å²) >= 11 is 7.70. The van der Waals surface area contributed by atoms with E-state index < -0.39 is 0 Å². The van der Waals surface area contributed by atoms with Crippen molar-refractivity contribution in [3.63, 3.8) is 0 Å². The molecule has 1 aromatic carbocycles. The van der Waals surface area contributed by atoms with E-state index in [9.17, 15) is 4.79 Å². The molecular formula is C24H24ClN5OS. The summed E-state index contributed by atoms with van der Waals surface area (Å²) in [4.78, 5) is 27.4. The van der Waals surface area contributed by atoms with Gasteiger partial charge in [0.1, 0.15) is 11.0 Å². The fourth-order valence-electron chi connectivity index (χ4n) is 2.87. The zero-order valence-corrected chi connectivity index (χ0v) is 19.1. The van der Waals surface area contributed by atoms with Gasteiger partial charge in [-0.05, 0) is 29.3 Å². The monoisotopic (exact) mass is 465 g/mol. The van der Waals surface area contributed by atoms with Crippen LogP contribution in [0.1, 0.15) is 21.5 Å². The molecule has 0 spiro atoms. The standard InChI is InChI=1S/C24H24ClN5OS/c1-3-12-30(13-4-2)22-14-21(25)28-24(29-22)32-17-18-7-9-20(10-8-18)23(31)27-16-19-6-5-11-26-15-19/h3-11,14-15H,1-2,12-13,16-17H2,(H,27,31). The Hall–Kier alpha value is -3.16. The maximum atomic E-state index is 12.4. The number of rotatable bonds is 11. The van der Waals surface area contributed by atoms with E-state index in [1.165, 1.54) is 11.8 Å². The molecule has 3 rings (SSSR count). The van der Waals surface area contributed by atoms with Gasteiger partial charge < -0.3 is 10.2 Å². The van der Waals surface area contributed by atoms with Crippen LogP contribution in [0.2, 0.25) is 5.15 Å². The molecule has 0 aliphatic rings. The Balaban J connectivity index is 1.59. The van der Waals surface area contributed by atoms with Crippen LogP contribution in [0.5, 0.6) is 0 Å². The molecule has 3 aromatic rings. The molecule has 2 aromatic heterocycles. The minimum absolute atomic E-state index is 0.125. The van der Waals surface area contributed by atoms with Gasteiger partial charge in [-0.25, -0.2) is 9.97 Å². The van der Waals surface area contributed by atoms with Crippen LogP contribution in [-0.2, 0) is 12.3 Å². The third-order valence-corrected chi connectivity index (χ3v) is 5.56. The van der Waals surface area contributed by atoms with Crippen LogP contribution in [0.25, 0.3) is 0 Å². The van der Waals surface area contributed by atoms with Gasteiger partial charge in [-0.3, -0.25) is 9.78 Å². The summed E-state index contributed by atoms with van der Waals surface area (Å²) < 4.78 is 0. The van der Waals surface area contributed by atoms with Gasteiger partial charge in [-0.1, -0.05) is 53.7 Å². The number of thioether (sulfide) groups is 1. The summed E-state index contributed by atoms with van der Waals surface area (Å²) in [6.45, 7) is 9.28. The van der Waals surface area contributed by atoms with Crippen LogP contribution in [-0.4, -0.2) is 33.9 Å². The summed E-state index contributed by atoms with van der Waals surface area (Å²) in [5.74, 6) is 1.26. The molecule has 8 heteroatoms. The Morgan fingerprint density at radius 3 is 2.50 bits per heavy atom. The second kappa shape index (κ2) is 12.0. The van der Waals surface area contributed by atoms with Crippen LogP contribution in [0.3, 0.4) is 0 Å². The molecule has 0 unspecified atom stereocenters. The number of halogens is 1. The van der Waals surface area contributed by atoms with Gasteiger partial charge in [-0.15, -0.1) is 13.2 Å². The number of hydrogen-bond donors (Lipinski definition) is 1. The molecule has 1 amide bonds. The summed E-state index contributed by atoms with van der Waals surface area (Å²) in [5, 5.41) is 3.87. The van der Waals surface area contributed by atoms with Gasteiger partial charge in [0.2, 0.25) is 0 Å². The summed E-state index contributed by atoms with van der Waals surface area (Å²) in [5.41, 5.74) is 2.61. The zero-order valence-electron chi connectivity index (χ0n) is 17.6. The average Bonchev–Trinajstić information content (AvgIpc) is 2.82. The maximum absolute atomic E-state index is 12.4. The highest BCUT2D eigenvalue weighted by Crippen LogP contribution is 2.25. The van der Waals surface area contributed by atoms with Gasteiger partial charge in [0, 0.05) is 49.4 Å². The number of nitrogens with one attached hydrogen (secondary N) is 1. The van der Waals surface area contributed by atoms with Crippen LogP contribution in [0.4, 0.5) is 5.82 Å². The molecule has 1 N–H and O–H groups in total. The van der Waals surface area contributed by atoms with Crippen LogP contribution >= 0.6 is 23.4 Å². The van der Waals surface area contributed by atoms with Crippen LogP contribution < -0.4 is 10.2 Å². The largest absolute Gasteiger partial charge is 0.349 e. The number of aromatic nitrogens is 3. The summed E-state index contributed by atoms with van der Waals surface area (Å²) in [6, 6.07) is 13.0. The van der Waals surface area contributed by atoms with Gasteiger partial charge in [0.05, 0.1) is 0 Å². The lowest BCUT2D eigenvalue weighted by Gasteiger charge is -2.20. The minimum Gasteiger partial charge on any atom is -0.349 e. The average molecular weight is 466 g/mol. The van der Waals surface area contributed by atoms with E-state index in [1.807, 2.05) is 41.3 Å². The van der Waals surface area contributed by atoms with Crippen molar-refractivity contribution in [2.75, 3.05) is 18.0 Å². The topological polar surface area (TPSA) is 71.0 Å². The lowest BCUT2D eigenvalue weighted by atomic mass is 10.1. The molecule has 0 fully saturated rings. The molecule has 0 atom stereocenters. The molecule has 0 radical (unpaired) electrons. The molecule has 0 saturated carbocycles. The quantitative estimate of drug-likeness (QED) is 0.187. The first-order valence-electron chi connectivity index (χ1n) is 9.99. The van der Waals surface area contributed by atoms with Crippen molar-refractivity contribution in [3.8, 4) is 0 Å². The Morgan fingerprint density at radius 2 is 1.84 bits per heavy atom. The van der Waals surface area contributed by atoms with E-state index >= 15 is 0 Å². The van der Waals surface area contributed by atoms with Crippen molar-refractivity contribution >= 4 is 35.1 Å². The number of carbonyl (C=O) groups excluding carboxylic acids is 1. The Morgan fingerprint density at radius 1 is 1.09 bits per heavy atom. The first-order valence-corrected chi connectivity index (χ1v) is 11.4. The first-order chi connectivity index (χ1) is 15.6. The number of anilines is 1. The van der Waals surface area contributed by atoms with E-state index in [-0.39, 0.29) is 5.91 Å². The lowest BCUT2D eigenvalue weighted by molar-refractivity contribution is 0.0951. The molecular weight excluding hydrogens is 442 g/mol. The smallest absolute Gasteiger partial charge is 0.251 e. The van der Waals surface area contributed by atoms with Gasteiger partial charge in [0.25, 0.3) is 5.91 Å². The van der Waals surface area contributed by atoms with Crippen molar-refractivity contribution in [1.29, 1.82) is 0 Å². The minimum atomic E-state index is -0.125. The van der Waals surface area contributed by atoms with E-state index in [1.54, 1.807) is 30.6 Å². The fraction of sp³-hybridized carbons (Fsp3) is 0.167.